The van der Waals surface area contributed by atoms with Crippen molar-refractivity contribution in [3.05, 3.63) is 11.6 Å². The number of carbonyl (C=O) groups is 2. The van der Waals surface area contributed by atoms with Gasteiger partial charge in [-0.05, 0) is 99.2 Å². The van der Waals surface area contributed by atoms with Crippen LogP contribution in [0.1, 0.15) is 92.9 Å². The Morgan fingerprint density at radius 2 is 1.58 bits per heavy atom. The highest BCUT2D eigenvalue weighted by Crippen LogP contribution is 2.76. The van der Waals surface area contributed by atoms with Crippen LogP contribution in [0.3, 0.4) is 0 Å². The minimum Gasteiger partial charge on any atom is -0.481 e. The van der Waals surface area contributed by atoms with Gasteiger partial charge in [-0.15, -0.1) is 0 Å². The average Bonchev–Trinajstić information content (AvgIpc) is 3.02. The lowest BCUT2D eigenvalue weighted by Crippen LogP contribution is -2.70. The topological polar surface area (TPSA) is 214 Å². The van der Waals surface area contributed by atoms with Crippen LogP contribution in [0, 0.1) is 50.7 Å². The fourth-order valence-electron chi connectivity index (χ4n) is 12.3. The molecule has 17 atom stereocenters. The summed E-state index contributed by atoms with van der Waals surface area (Å²) in [6.45, 7) is 11.2. The van der Waals surface area contributed by atoms with Crippen molar-refractivity contribution in [2.45, 2.75) is 141 Å². The Morgan fingerprint density at radius 1 is 0.917 bits per heavy atom. The molecule has 17 unspecified atom stereocenters. The van der Waals surface area contributed by atoms with Crippen LogP contribution >= 0.6 is 0 Å². The van der Waals surface area contributed by atoms with E-state index >= 15 is 0 Å². The number of aliphatic carboxylic acids is 1. The smallest absolute Gasteiger partial charge is 0.315 e. The second-order valence-corrected chi connectivity index (χ2v) is 17.5. The predicted octanol–water partition coefficient (Wildman–Crippen LogP) is 1.50. The van der Waals surface area contributed by atoms with E-state index in [1.807, 2.05) is 6.92 Å². The van der Waals surface area contributed by atoms with Crippen molar-refractivity contribution in [2.75, 3.05) is 6.61 Å². The normalized spacial score (nSPS) is 56.4. The number of fused-ring (bicyclic) bond motifs is 7. The highest BCUT2D eigenvalue weighted by atomic mass is 16.7. The molecule has 8 N–H and O–H groups in total. The van der Waals surface area contributed by atoms with Gasteiger partial charge in [-0.25, -0.2) is 0 Å². The van der Waals surface area contributed by atoms with Gasteiger partial charge in [0, 0.05) is 5.92 Å². The Hall–Kier alpha value is -1.64. The van der Waals surface area contributed by atoms with Gasteiger partial charge >= 0.3 is 11.9 Å². The number of allylic oxidation sites excluding steroid dienone is 1. The maximum absolute atomic E-state index is 14.5. The molecule has 0 radical (unpaired) electrons. The van der Waals surface area contributed by atoms with E-state index in [0.717, 1.165) is 5.57 Å². The minimum atomic E-state index is -1.75. The number of aliphatic hydroxyl groups is 7. The van der Waals surface area contributed by atoms with E-state index < -0.39 is 100 Å². The number of aliphatic hydroxyl groups excluding tert-OH is 6. The molecule has 6 rings (SSSR count). The molecule has 5 aliphatic carbocycles. The molecular formula is C36H56O12. The van der Waals surface area contributed by atoms with Gasteiger partial charge in [0.2, 0.25) is 6.29 Å². The SMILES string of the molecule is CC1CCC2(C(=O)OC3OC(CO)C(O)C(O)C3O)CCC3(C)C(=CCC4C5(C)CC(O)C(O)C(C)(C(=O)O)C5CCC43C)C2C1(C)O. The monoisotopic (exact) mass is 680 g/mol. The van der Waals surface area contributed by atoms with E-state index in [4.69, 9.17) is 9.47 Å². The van der Waals surface area contributed by atoms with E-state index in [1.54, 1.807) is 13.8 Å². The van der Waals surface area contributed by atoms with E-state index in [-0.39, 0.29) is 24.2 Å². The molecule has 48 heavy (non-hydrogen) atoms. The second kappa shape index (κ2) is 11.4. The van der Waals surface area contributed by atoms with Crippen LogP contribution in [0.25, 0.3) is 0 Å². The molecule has 1 aliphatic heterocycles. The third kappa shape index (κ3) is 4.49. The summed E-state index contributed by atoms with van der Waals surface area (Å²) in [4.78, 5) is 27.2. The standard InChI is InChI=1S/C36H56O12/c1-17-9-12-36(30(45)48-28-25(41)24(40)23(39)20(16-37)47-28)14-13-32(3)18(26(36)35(17,6)46)7-8-21-31(2)15-19(38)27(42)34(5,29(43)44)22(31)10-11-33(21,32)4/h7,17,19-28,37-42,46H,8-16H2,1-6H3,(H,43,44). The summed E-state index contributed by atoms with van der Waals surface area (Å²) in [7, 11) is 0. The largest absolute Gasteiger partial charge is 0.481 e. The van der Waals surface area contributed by atoms with E-state index in [0.29, 0.717) is 44.9 Å². The zero-order valence-corrected chi connectivity index (χ0v) is 29.0. The summed E-state index contributed by atoms with van der Waals surface area (Å²) in [6.07, 6.45) is -4.43. The van der Waals surface area contributed by atoms with Crippen LogP contribution in [-0.2, 0) is 19.1 Å². The molecule has 12 heteroatoms. The summed E-state index contributed by atoms with van der Waals surface area (Å²) >= 11 is 0. The molecule has 4 saturated carbocycles. The maximum Gasteiger partial charge on any atom is 0.315 e. The predicted molar refractivity (Wildman–Crippen MR) is 170 cm³/mol. The first kappa shape index (κ1) is 36.2. The van der Waals surface area contributed by atoms with Crippen LogP contribution in [0.2, 0.25) is 0 Å². The van der Waals surface area contributed by atoms with Gasteiger partial charge < -0.3 is 50.3 Å². The number of rotatable bonds is 4. The molecule has 0 spiro atoms. The van der Waals surface area contributed by atoms with Gasteiger partial charge in [-0.3, -0.25) is 9.59 Å². The van der Waals surface area contributed by atoms with Crippen molar-refractivity contribution >= 4 is 11.9 Å². The number of carboxylic acids is 1. The Morgan fingerprint density at radius 3 is 2.21 bits per heavy atom. The first-order chi connectivity index (χ1) is 22.2. The van der Waals surface area contributed by atoms with Crippen LogP contribution in [-0.4, -0.2) is 108 Å². The zero-order chi connectivity index (χ0) is 35.6. The van der Waals surface area contributed by atoms with Crippen LogP contribution in [0.5, 0.6) is 0 Å². The summed E-state index contributed by atoms with van der Waals surface area (Å²) in [6, 6.07) is 0. The van der Waals surface area contributed by atoms with Crippen molar-refractivity contribution in [3.63, 3.8) is 0 Å². The molecule has 12 nitrogen and oxygen atoms in total. The van der Waals surface area contributed by atoms with E-state index in [1.165, 1.54) is 0 Å². The maximum atomic E-state index is 14.5. The van der Waals surface area contributed by atoms with Gasteiger partial charge in [0.25, 0.3) is 0 Å². The Balaban J connectivity index is 1.41. The molecule has 6 aliphatic rings. The van der Waals surface area contributed by atoms with Crippen molar-refractivity contribution in [3.8, 4) is 0 Å². The molecule has 1 saturated heterocycles. The lowest BCUT2D eigenvalue weighted by atomic mass is 9.33. The fourth-order valence-corrected chi connectivity index (χ4v) is 12.3. The highest BCUT2D eigenvalue weighted by Gasteiger charge is 2.73. The van der Waals surface area contributed by atoms with Crippen molar-refractivity contribution in [1.29, 1.82) is 0 Å². The number of carbonyl (C=O) groups excluding carboxylic acids is 1. The van der Waals surface area contributed by atoms with Crippen molar-refractivity contribution in [2.24, 2.45) is 50.7 Å². The third-order valence-corrected chi connectivity index (χ3v) is 15.6. The summed E-state index contributed by atoms with van der Waals surface area (Å²) in [5, 5.41) is 85.9. The quantitative estimate of drug-likeness (QED) is 0.157. The third-order valence-electron chi connectivity index (χ3n) is 15.6. The minimum absolute atomic E-state index is 0.0437. The number of carboxylic acid groups (broad SMARTS) is 1. The molecule has 0 aromatic heterocycles. The van der Waals surface area contributed by atoms with Gasteiger partial charge in [0.15, 0.2) is 0 Å². The van der Waals surface area contributed by atoms with Gasteiger partial charge in [0.1, 0.15) is 24.4 Å². The summed E-state index contributed by atoms with van der Waals surface area (Å²) < 4.78 is 11.4. The van der Waals surface area contributed by atoms with Crippen molar-refractivity contribution < 1.29 is 59.9 Å². The lowest BCUT2D eigenvalue weighted by Gasteiger charge is -2.71. The molecule has 5 fully saturated rings. The zero-order valence-electron chi connectivity index (χ0n) is 29.0. The Kier molecular flexibility index (Phi) is 8.61. The molecule has 0 aromatic carbocycles. The Labute approximate surface area is 282 Å². The molecule has 272 valence electrons. The molecule has 1 heterocycles. The van der Waals surface area contributed by atoms with Crippen molar-refractivity contribution in [1.82, 2.24) is 0 Å². The number of ether oxygens (including phenoxy) is 2. The fraction of sp³-hybridized carbons (Fsp3) is 0.889. The number of hydrogen-bond donors (Lipinski definition) is 8. The molecular weight excluding hydrogens is 624 g/mol. The highest BCUT2D eigenvalue weighted by molar-refractivity contribution is 5.79. The summed E-state index contributed by atoms with van der Waals surface area (Å²) in [5.74, 6) is -3.01. The van der Waals surface area contributed by atoms with Gasteiger partial charge in [0.05, 0.1) is 35.2 Å². The van der Waals surface area contributed by atoms with Crippen LogP contribution < -0.4 is 0 Å². The van der Waals surface area contributed by atoms with Crippen LogP contribution in [0.4, 0.5) is 0 Å². The Bertz CT molecular complexity index is 1350. The number of esters is 1. The number of hydrogen-bond acceptors (Lipinski definition) is 11. The van der Waals surface area contributed by atoms with Crippen LogP contribution in [0.15, 0.2) is 11.6 Å². The summed E-state index contributed by atoms with van der Waals surface area (Å²) in [5.41, 5.74) is -4.57. The molecule has 0 amide bonds. The first-order valence-electron chi connectivity index (χ1n) is 17.7. The lowest BCUT2D eigenvalue weighted by molar-refractivity contribution is -0.299. The van der Waals surface area contributed by atoms with Gasteiger partial charge in [-0.2, -0.15) is 0 Å². The second-order valence-electron chi connectivity index (χ2n) is 17.5. The molecule has 0 aromatic rings. The molecule has 0 bridgehead atoms. The van der Waals surface area contributed by atoms with E-state index in [9.17, 15) is 50.4 Å². The van der Waals surface area contributed by atoms with Gasteiger partial charge in [-0.1, -0.05) is 39.3 Å². The average molecular weight is 681 g/mol. The first-order valence-corrected chi connectivity index (χ1v) is 17.7. The van der Waals surface area contributed by atoms with E-state index in [2.05, 4.69) is 26.8 Å².